The van der Waals surface area contributed by atoms with Crippen molar-refractivity contribution in [2.24, 2.45) is 0 Å². The molecule has 0 saturated carbocycles. The standard InChI is InChI=1S/C19H21N5S/c1-13-11-18-21-19(14-7-4-5-8-15(14)24(18)22-13)20-12-16(23(2)3)17-9-6-10-25-17/h4-11,16H,12H2,1-3H3,(H,20,21)/t16-/m1/s1. The second kappa shape index (κ2) is 6.46. The van der Waals surface area contributed by atoms with Crippen molar-refractivity contribution in [3.8, 4) is 0 Å². The molecule has 0 aliphatic rings. The molecule has 1 atom stereocenters. The normalized spacial score (nSPS) is 13.0. The van der Waals surface area contributed by atoms with Gasteiger partial charge >= 0.3 is 0 Å². The average Bonchev–Trinajstić information content (AvgIpc) is 3.24. The van der Waals surface area contributed by atoms with Crippen LogP contribution in [0, 0.1) is 6.92 Å². The van der Waals surface area contributed by atoms with Crippen molar-refractivity contribution in [1.82, 2.24) is 19.5 Å². The number of rotatable bonds is 5. The predicted octanol–water partition coefficient (Wildman–Crippen LogP) is 3.97. The lowest BCUT2D eigenvalue weighted by atomic mass is 10.2. The summed E-state index contributed by atoms with van der Waals surface area (Å²) in [7, 11) is 4.22. The third-order valence-corrected chi connectivity index (χ3v) is 5.36. The Kier molecular flexibility index (Phi) is 4.15. The van der Waals surface area contributed by atoms with Gasteiger partial charge in [-0.05, 0) is 44.6 Å². The van der Waals surface area contributed by atoms with Crippen molar-refractivity contribution in [1.29, 1.82) is 0 Å². The Hall–Kier alpha value is -2.44. The van der Waals surface area contributed by atoms with E-state index >= 15 is 0 Å². The zero-order valence-corrected chi connectivity index (χ0v) is 15.4. The Bertz CT molecular complexity index is 1000. The minimum atomic E-state index is 0.309. The quantitative estimate of drug-likeness (QED) is 0.591. The van der Waals surface area contributed by atoms with E-state index < -0.39 is 0 Å². The molecule has 4 rings (SSSR count). The summed E-state index contributed by atoms with van der Waals surface area (Å²) >= 11 is 1.79. The third-order valence-electron chi connectivity index (χ3n) is 4.38. The van der Waals surface area contributed by atoms with Gasteiger partial charge in [0, 0.05) is 22.9 Å². The van der Waals surface area contributed by atoms with Gasteiger partial charge in [-0.15, -0.1) is 11.3 Å². The monoisotopic (exact) mass is 351 g/mol. The first-order chi connectivity index (χ1) is 12.1. The molecule has 0 bridgehead atoms. The lowest BCUT2D eigenvalue weighted by Crippen LogP contribution is -2.26. The maximum Gasteiger partial charge on any atom is 0.158 e. The first kappa shape index (κ1) is 16.1. The molecule has 3 aromatic heterocycles. The smallest absolute Gasteiger partial charge is 0.158 e. The number of hydrogen-bond donors (Lipinski definition) is 1. The van der Waals surface area contributed by atoms with E-state index in [1.807, 2.05) is 29.6 Å². The molecule has 1 N–H and O–H groups in total. The summed E-state index contributed by atoms with van der Waals surface area (Å²) in [6, 6.07) is 14.9. The van der Waals surface area contributed by atoms with E-state index in [0.29, 0.717) is 6.04 Å². The SMILES string of the molecule is Cc1cc2nc(NC[C@H](c3cccs3)N(C)C)c3ccccc3n2n1. The van der Waals surface area contributed by atoms with Crippen LogP contribution in [0.25, 0.3) is 16.6 Å². The second-order valence-corrected chi connectivity index (χ2v) is 7.39. The van der Waals surface area contributed by atoms with E-state index in [1.165, 1.54) is 4.88 Å². The molecule has 0 spiro atoms. The molecule has 5 nitrogen and oxygen atoms in total. The Morgan fingerprint density at radius 1 is 1.20 bits per heavy atom. The van der Waals surface area contributed by atoms with Crippen LogP contribution in [0.3, 0.4) is 0 Å². The Balaban J connectivity index is 1.73. The second-order valence-electron chi connectivity index (χ2n) is 6.41. The molecule has 0 aliphatic carbocycles. The van der Waals surface area contributed by atoms with Gasteiger partial charge < -0.3 is 10.2 Å². The van der Waals surface area contributed by atoms with Crippen LogP contribution in [0.2, 0.25) is 0 Å². The summed E-state index contributed by atoms with van der Waals surface area (Å²) < 4.78 is 1.92. The van der Waals surface area contributed by atoms with Gasteiger partial charge in [0.1, 0.15) is 5.82 Å². The molecule has 3 heterocycles. The number of hydrogen-bond acceptors (Lipinski definition) is 5. The van der Waals surface area contributed by atoms with E-state index in [4.69, 9.17) is 4.98 Å². The number of nitrogens with zero attached hydrogens (tertiary/aromatic N) is 4. The maximum absolute atomic E-state index is 4.81. The van der Waals surface area contributed by atoms with Crippen molar-refractivity contribution in [3.05, 3.63) is 58.4 Å². The zero-order valence-electron chi connectivity index (χ0n) is 14.6. The van der Waals surface area contributed by atoms with Crippen LogP contribution in [-0.2, 0) is 0 Å². The van der Waals surface area contributed by atoms with Gasteiger partial charge in [0.05, 0.1) is 17.3 Å². The van der Waals surface area contributed by atoms with Crippen LogP contribution in [0.15, 0.2) is 47.8 Å². The highest BCUT2D eigenvalue weighted by Gasteiger charge is 2.16. The fourth-order valence-corrected chi connectivity index (χ4v) is 4.05. The number of anilines is 1. The molecule has 6 heteroatoms. The summed E-state index contributed by atoms with van der Waals surface area (Å²) in [5.41, 5.74) is 2.91. The maximum atomic E-state index is 4.81. The van der Waals surface area contributed by atoms with Crippen LogP contribution in [0.5, 0.6) is 0 Å². The number of thiophene rings is 1. The van der Waals surface area contributed by atoms with Crippen molar-refractivity contribution in [2.45, 2.75) is 13.0 Å². The molecule has 0 unspecified atom stereocenters. The van der Waals surface area contributed by atoms with Crippen LogP contribution < -0.4 is 5.32 Å². The zero-order chi connectivity index (χ0) is 17.4. The van der Waals surface area contributed by atoms with Crippen molar-refractivity contribution >= 4 is 33.7 Å². The molecule has 1 aromatic carbocycles. The van der Waals surface area contributed by atoms with Gasteiger partial charge in [-0.3, -0.25) is 0 Å². The van der Waals surface area contributed by atoms with Crippen LogP contribution in [-0.4, -0.2) is 40.1 Å². The number of para-hydroxylation sites is 1. The lowest BCUT2D eigenvalue weighted by molar-refractivity contribution is 0.316. The van der Waals surface area contributed by atoms with Crippen LogP contribution >= 0.6 is 11.3 Å². The molecular weight excluding hydrogens is 330 g/mol. The number of benzene rings is 1. The lowest BCUT2D eigenvalue weighted by Gasteiger charge is -2.24. The summed E-state index contributed by atoms with van der Waals surface area (Å²) in [5, 5.41) is 11.3. The van der Waals surface area contributed by atoms with Crippen molar-refractivity contribution in [3.63, 3.8) is 0 Å². The van der Waals surface area contributed by atoms with Gasteiger partial charge in [0.25, 0.3) is 0 Å². The number of aromatic nitrogens is 3. The number of aryl methyl sites for hydroxylation is 1. The molecule has 0 radical (unpaired) electrons. The number of nitrogens with one attached hydrogen (secondary N) is 1. The highest BCUT2D eigenvalue weighted by Crippen LogP contribution is 2.27. The molecule has 128 valence electrons. The first-order valence-corrected chi connectivity index (χ1v) is 9.20. The van der Waals surface area contributed by atoms with Gasteiger partial charge in [0.15, 0.2) is 5.65 Å². The fraction of sp³-hybridized carbons (Fsp3) is 0.263. The molecule has 0 saturated heterocycles. The van der Waals surface area contributed by atoms with Crippen LogP contribution in [0.4, 0.5) is 5.82 Å². The third kappa shape index (κ3) is 2.99. The molecule has 0 aliphatic heterocycles. The molecule has 0 amide bonds. The van der Waals surface area contributed by atoms with Gasteiger partial charge in [-0.25, -0.2) is 9.50 Å². The highest BCUT2D eigenvalue weighted by molar-refractivity contribution is 7.10. The Morgan fingerprint density at radius 2 is 2.04 bits per heavy atom. The van der Waals surface area contributed by atoms with Crippen molar-refractivity contribution in [2.75, 3.05) is 26.0 Å². The molecular formula is C19H21N5S. The number of fused-ring (bicyclic) bond motifs is 3. The van der Waals surface area contributed by atoms with E-state index in [9.17, 15) is 0 Å². The minimum absolute atomic E-state index is 0.309. The van der Waals surface area contributed by atoms with Gasteiger partial charge in [-0.2, -0.15) is 5.10 Å². The topological polar surface area (TPSA) is 45.5 Å². The van der Waals surface area contributed by atoms with Gasteiger partial charge in [-0.1, -0.05) is 18.2 Å². The minimum Gasteiger partial charge on any atom is -0.367 e. The molecule has 4 aromatic rings. The molecule has 0 fully saturated rings. The largest absolute Gasteiger partial charge is 0.367 e. The average molecular weight is 351 g/mol. The van der Waals surface area contributed by atoms with Crippen molar-refractivity contribution < 1.29 is 0 Å². The molecule has 25 heavy (non-hydrogen) atoms. The summed E-state index contributed by atoms with van der Waals surface area (Å²) in [5.74, 6) is 0.909. The summed E-state index contributed by atoms with van der Waals surface area (Å²) in [6.07, 6.45) is 0. The number of likely N-dealkylation sites (N-methyl/N-ethyl adjacent to an activating group) is 1. The van der Waals surface area contributed by atoms with E-state index in [1.54, 1.807) is 11.3 Å². The Morgan fingerprint density at radius 3 is 2.80 bits per heavy atom. The summed E-state index contributed by atoms with van der Waals surface area (Å²) in [6.45, 7) is 2.79. The highest BCUT2D eigenvalue weighted by atomic mass is 32.1. The van der Waals surface area contributed by atoms with Gasteiger partial charge in [0.2, 0.25) is 0 Å². The van der Waals surface area contributed by atoms with Crippen LogP contribution in [0.1, 0.15) is 16.6 Å². The fourth-order valence-electron chi connectivity index (χ4n) is 3.12. The Labute approximate surface area is 150 Å². The van der Waals surface area contributed by atoms with E-state index in [0.717, 1.165) is 34.6 Å². The van der Waals surface area contributed by atoms with E-state index in [2.05, 4.69) is 59.1 Å². The van der Waals surface area contributed by atoms with E-state index in [-0.39, 0.29) is 0 Å². The first-order valence-electron chi connectivity index (χ1n) is 8.32. The predicted molar refractivity (Wildman–Crippen MR) is 104 cm³/mol. The summed E-state index contributed by atoms with van der Waals surface area (Å²) in [4.78, 5) is 8.40.